The van der Waals surface area contributed by atoms with Gasteiger partial charge in [0.1, 0.15) is 10.9 Å². The van der Waals surface area contributed by atoms with Crippen LogP contribution in [0.5, 0.6) is 0 Å². The van der Waals surface area contributed by atoms with Gasteiger partial charge in [-0.3, -0.25) is 0 Å². The minimum atomic E-state index is 0.704. The minimum Gasteiger partial charge on any atom is -0.312 e. The molecule has 0 aliphatic rings. The summed E-state index contributed by atoms with van der Waals surface area (Å²) in [5.74, 6) is 1.90. The summed E-state index contributed by atoms with van der Waals surface area (Å²) in [5, 5.41) is 12.1. The molecule has 1 unspecified atom stereocenters. The van der Waals surface area contributed by atoms with E-state index in [0.717, 1.165) is 18.0 Å². The molecule has 0 fully saturated rings. The van der Waals surface area contributed by atoms with Crippen LogP contribution in [0.25, 0.3) is 0 Å². The van der Waals surface area contributed by atoms with Gasteiger partial charge in [0.05, 0.1) is 0 Å². The Kier molecular flexibility index (Phi) is 5.77. The molecule has 0 spiro atoms. The first-order chi connectivity index (χ1) is 7.26. The van der Waals surface area contributed by atoms with Crippen molar-refractivity contribution < 1.29 is 0 Å². The standard InChI is InChI=1S/C11H16N2S2/c1-9(8-14-2)6-13-7-11-4-3-10(5-12)15-11/h3-4,9,13H,6-8H2,1-2H3. The Morgan fingerprint density at radius 2 is 2.40 bits per heavy atom. The highest BCUT2D eigenvalue weighted by Gasteiger charge is 2.02. The number of nitriles is 1. The largest absolute Gasteiger partial charge is 0.312 e. The normalized spacial score (nSPS) is 12.3. The third-order valence-electron chi connectivity index (χ3n) is 2.02. The van der Waals surface area contributed by atoms with E-state index in [-0.39, 0.29) is 0 Å². The van der Waals surface area contributed by atoms with Crippen molar-refractivity contribution in [3.63, 3.8) is 0 Å². The molecule has 0 bridgehead atoms. The highest BCUT2D eigenvalue weighted by molar-refractivity contribution is 7.98. The second kappa shape index (κ2) is 6.89. The van der Waals surface area contributed by atoms with Gasteiger partial charge in [0, 0.05) is 11.4 Å². The molecule has 1 rings (SSSR count). The van der Waals surface area contributed by atoms with E-state index in [4.69, 9.17) is 5.26 Å². The van der Waals surface area contributed by atoms with Gasteiger partial charge in [-0.2, -0.15) is 17.0 Å². The van der Waals surface area contributed by atoms with E-state index in [1.165, 1.54) is 10.6 Å². The van der Waals surface area contributed by atoms with Gasteiger partial charge in [-0.25, -0.2) is 0 Å². The molecule has 15 heavy (non-hydrogen) atoms. The lowest BCUT2D eigenvalue weighted by Crippen LogP contribution is -2.21. The third kappa shape index (κ3) is 4.70. The predicted molar refractivity (Wildman–Crippen MR) is 68.3 cm³/mol. The first-order valence-electron chi connectivity index (χ1n) is 4.94. The number of hydrogen-bond acceptors (Lipinski definition) is 4. The molecular formula is C11H16N2S2. The molecule has 2 nitrogen and oxygen atoms in total. The number of nitrogens with zero attached hydrogens (tertiary/aromatic N) is 1. The molecule has 0 aliphatic carbocycles. The van der Waals surface area contributed by atoms with E-state index in [0.29, 0.717) is 5.92 Å². The van der Waals surface area contributed by atoms with E-state index >= 15 is 0 Å². The molecule has 1 aromatic rings. The summed E-state index contributed by atoms with van der Waals surface area (Å²) in [6.45, 7) is 4.17. The smallest absolute Gasteiger partial charge is 0.110 e. The average Bonchev–Trinajstić information content (AvgIpc) is 2.66. The maximum Gasteiger partial charge on any atom is 0.110 e. The van der Waals surface area contributed by atoms with Gasteiger partial charge in [0.2, 0.25) is 0 Å². The van der Waals surface area contributed by atoms with Gasteiger partial charge in [0.25, 0.3) is 0 Å². The molecule has 0 radical (unpaired) electrons. The summed E-state index contributed by atoms with van der Waals surface area (Å²) in [6.07, 6.45) is 2.13. The molecule has 82 valence electrons. The van der Waals surface area contributed by atoms with Gasteiger partial charge in [-0.05, 0) is 36.6 Å². The monoisotopic (exact) mass is 240 g/mol. The van der Waals surface area contributed by atoms with Crippen molar-refractivity contribution in [1.29, 1.82) is 5.26 Å². The SMILES string of the molecule is CSCC(C)CNCc1ccc(C#N)s1. The minimum absolute atomic E-state index is 0.704. The Hall–Kier alpha value is -0.500. The van der Waals surface area contributed by atoms with Crippen LogP contribution in [0.15, 0.2) is 12.1 Å². The Bertz CT molecular complexity index is 328. The lowest BCUT2D eigenvalue weighted by Gasteiger charge is -2.09. The van der Waals surface area contributed by atoms with Gasteiger partial charge in [-0.15, -0.1) is 11.3 Å². The molecular weight excluding hydrogens is 224 g/mol. The van der Waals surface area contributed by atoms with Crippen molar-refractivity contribution in [2.45, 2.75) is 13.5 Å². The van der Waals surface area contributed by atoms with Crippen LogP contribution in [0.3, 0.4) is 0 Å². The molecule has 0 aromatic carbocycles. The number of thiophene rings is 1. The first kappa shape index (κ1) is 12.6. The molecule has 1 N–H and O–H groups in total. The number of thioether (sulfide) groups is 1. The lowest BCUT2D eigenvalue weighted by atomic mass is 10.2. The molecule has 1 atom stereocenters. The first-order valence-corrected chi connectivity index (χ1v) is 7.15. The molecule has 0 amide bonds. The van der Waals surface area contributed by atoms with Crippen LogP contribution in [-0.2, 0) is 6.54 Å². The maximum atomic E-state index is 8.67. The average molecular weight is 240 g/mol. The fraction of sp³-hybridized carbons (Fsp3) is 0.545. The van der Waals surface area contributed by atoms with Crippen molar-refractivity contribution >= 4 is 23.1 Å². The van der Waals surface area contributed by atoms with Crippen LogP contribution >= 0.6 is 23.1 Å². The summed E-state index contributed by atoms with van der Waals surface area (Å²) in [6, 6.07) is 6.06. The Labute approximate surface area is 99.7 Å². The summed E-state index contributed by atoms with van der Waals surface area (Å²) in [7, 11) is 0. The van der Waals surface area contributed by atoms with Crippen molar-refractivity contribution in [3.05, 3.63) is 21.9 Å². The number of rotatable bonds is 6. The van der Waals surface area contributed by atoms with E-state index in [2.05, 4.69) is 24.6 Å². The summed E-state index contributed by atoms with van der Waals surface area (Å²) >= 11 is 3.45. The van der Waals surface area contributed by atoms with Crippen LogP contribution < -0.4 is 5.32 Å². The van der Waals surface area contributed by atoms with Crippen molar-refractivity contribution in [2.24, 2.45) is 5.92 Å². The quantitative estimate of drug-likeness (QED) is 0.830. The van der Waals surface area contributed by atoms with E-state index in [1.54, 1.807) is 11.3 Å². The zero-order valence-electron chi connectivity index (χ0n) is 9.12. The number of hydrogen-bond donors (Lipinski definition) is 1. The predicted octanol–water partition coefficient (Wildman–Crippen LogP) is 2.71. The third-order valence-corrected chi connectivity index (χ3v) is 3.91. The van der Waals surface area contributed by atoms with Crippen molar-refractivity contribution in [1.82, 2.24) is 5.32 Å². The zero-order chi connectivity index (χ0) is 11.1. The summed E-state index contributed by atoms with van der Waals surface area (Å²) in [5.41, 5.74) is 0. The van der Waals surface area contributed by atoms with Gasteiger partial charge in [-0.1, -0.05) is 6.92 Å². The fourth-order valence-electron chi connectivity index (χ4n) is 1.32. The van der Waals surface area contributed by atoms with Crippen LogP contribution in [0.2, 0.25) is 0 Å². The van der Waals surface area contributed by atoms with E-state index < -0.39 is 0 Å². The molecule has 1 heterocycles. The van der Waals surface area contributed by atoms with Gasteiger partial charge >= 0.3 is 0 Å². The fourth-order valence-corrected chi connectivity index (χ4v) is 2.78. The molecule has 0 saturated carbocycles. The highest BCUT2D eigenvalue weighted by atomic mass is 32.2. The maximum absolute atomic E-state index is 8.67. The lowest BCUT2D eigenvalue weighted by molar-refractivity contribution is 0.562. The zero-order valence-corrected chi connectivity index (χ0v) is 10.8. The van der Waals surface area contributed by atoms with Crippen LogP contribution in [0, 0.1) is 17.2 Å². The molecule has 4 heteroatoms. The van der Waals surface area contributed by atoms with Crippen LogP contribution in [0.4, 0.5) is 0 Å². The van der Waals surface area contributed by atoms with Gasteiger partial charge in [0.15, 0.2) is 0 Å². The van der Waals surface area contributed by atoms with E-state index in [1.807, 2.05) is 23.9 Å². The molecule has 0 saturated heterocycles. The molecule has 1 aromatic heterocycles. The van der Waals surface area contributed by atoms with Crippen molar-refractivity contribution in [2.75, 3.05) is 18.6 Å². The Balaban J connectivity index is 2.23. The van der Waals surface area contributed by atoms with Crippen LogP contribution in [0.1, 0.15) is 16.7 Å². The topological polar surface area (TPSA) is 35.8 Å². The van der Waals surface area contributed by atoms with Crippen LogP contribution in [-0.4, -0.2) is 18.6 Å². The van der Waals surface area contributed by atoms with E-state index in [9.17, 15) is 0 Å². The number of nitrogens with one attached hydrogen (secondary N) is 1. The van der Waals surface area contributed by atoms with Gasteiger partial charge < -0.3 is 5.32 Å². The second-order valence-electron chi connectivity index (χ2n) is 3.57. The summed E-state index contributed by atoms with van der Waals surface area (Å²) in [4.78, 5) is 2.03. The Morgan fingerprint density at radius 1 is 1.60 bits per heavy atom. The molecule has 0 aliphatic heterocycles. The summed E-state index contributed by atoms with van der Waals surface area (Å²) < 4.78 is 0. The Morgan fingerprint density at radius 3 is 3.00 bits per heavy atom. The second-order valence-corrected chi connectivity index (χ2v) is 5.65. The van der Waals surface area contributed by atoms with Crippen molar-refractivity contribution in [3.8, 4) is 6.07 Å². The highest BCUT2D eigenvalue weighted by Crippen LogP contribution is 2.14.